The molecule has 76 heavy (non-hydrogen) atoms. The Morgan fingerprint density at radius 1 is 0.803 bits per heavy atom. The molecule has 1 aliphatic carbocycles. The zero-order chi connectivity index (χ0) is 52.5. The fraction of sp³-hybridized carbons (Fsp3) is 0.417. The quantitative estimate of drug-likeness (QED) is 0.0599. The lowest BCUT2D eigenvalue weighted by molar-refractivity contribution is -0.134. The number of thiazole rings is 1. The van der Waals surface area contributed by atoms with Gasteiger partial charge in [-0.25, -0.2) is 14.8 Å². The molecule has 6 heterocycles. The number of pyridine rings is 1. The molecule has 0 bridgehead atoms. The van der Waals surface area contributed by atoms with Crippen molar-refractivity contribution in [1.82, 2.24) is 25.2 Å². The number of oxazole rings is 1. The lowest BCUT2D eigenvalue weighted by Gasteiger charge is -2.34. The van der Waals surface area contributed by atoms with E-state index in [9.17, 15) is 19.2 Å². The van der Waals surface area contributed by atoms with Gasteiger partial charge in [0.15, 0.2) is 16.4 Å². The van der Waals surface area contributed by atoms with Crippen molar-refractivity contribution in [3.8, 4) is 16.9 Å². The number of esters is 1. The van der Waals surface area contributed by atoms with Crippen LogP contribution in [0.1, 0.15) is 128 Å². The molecular weight excluding hydrogens is 977 g/mol. The van der Waals surface area contributed by atoms with Crippen molar-refractivity contribution in [3.63, 3.8) is 0 Å². The summed E-state index contributed by atoms with van der Waals surface area (Å²) < 4.78 is 20.0. The average Bonchev–Trinajstić information content (AvgIpc) is 4.05. The highest BCUT2D eigenvalue weighted by Crippen LogP contribution is 2.38. The molecule has 3 aromatic heterocycles. The first-order valence-corrected chi connectivity index (χ1v) is 27.9. The van der Waals surface area contributed by atoms with E-state index in [0.29, 0.717) is 71.9 Å². The number of ether oxygens (including phenoxy) is 2. The summed E-state index contributed by atoms with van der Waals surface area (Å²) in [6.45, 7) is 13.5. The number of rotatable bonds is 14. The van der Waals surface area contributed by atoms with Crippen LogP contribution in [0.5, 0.6) is 5.75 Å². The number of aromatic nitrogens is 3. The van der Waals surface area contributed by atoms with Crippen LogP contribution in [-0.2, 0) is 27.3 Å². The average molecular weight is 1040 g/mol. The first-order chi connectivity index (χ1) is 36.8. The van der Waals surface area contributed by atoms with Gasteiger partial charge in [0.25, 0.3) is 11.9 Å². The molecule has 1 unspecified atom stereocenters. The molecule has 3 aliphatic heterocycles. The number of nitrogens with one attached hydrogen (secondary N) is 2. The molecular formula is C60H66N8O7S. The van der Waals surface area contributed by atoms with Gasteiger partial charge in [0.1, 0.15) is 22.7 Å². The van der Waals surface area contributed by atoms with Crippen molar-refractivity contribution >= 4 is 73.3 Å². The largest absolute Gasteiger partial charge is 0.490 e. The Hall–Kier alpha value is -7.17. The second kappa shape index (κ2) is 21.8. The van der Waals surface area contributed by atoms with Gasteiger partial charge in [-0.05, 0) is 161 Å². The summed E-state index contributed by atoms with van der Waals surface area (Å²) >= 11 is 1.45. The summed E-state index contributed by atoms with van der Waals surface area (Å²) in [4.78, 5) is 73.4. The molecule has 2 saturated heterocycles. The zero-order valence-corrected chi connectivity index (χ0v) is 44.7. The summed E-state index contributed by atoms with van der Waals surface area (Å²) in [5.74, 6) is 0.633. The minimum atomic E-state index is -0.732. The Kier molecular flexibility index (Phi) is 14.6. The van der Waals surface area contributed by atoms with Gasteiger partial charge in [-0.15, -0.1) is 0 Å². The number of carbonyl (C=O) groups is 4. The Bertz CT molecular complexity index is 3280. The number of anilines is 3. The highest BCUT2D eigenvalue weighted by atomic mass is 32.1. The Balaban J connectivity index is 0.675. The normalized spacial score (nSPS) is 19.4. The number of para-hydroxylation sites is 1. The van der Waals surface area contributed by atoms with E-state index in [2.05, 4.69) is 43.3 Å². The highest BCUT2D eigenvalue weighted by molar-refractivity contribution is 7.22. The van der Waals surface area contributed by atoms with E-state index in [4.69, 9.17) is 23.9 Å². The smallest absolute Gasteiger partial charge is 0.358 e. The molecule has 7 aromatic rings. The minimum Gasteiger partial charge on any atom is -0.490 e. The minimum absolute atomic E-state index is 0.121. The van der Waals surface area contributed by atoms with Crippen LogP contribution in [0.2, 0.25) is 0 Å². The molecule has 16 heteroatoms. The van der Waals surface area contributed by atoms with E-state index in [-0.39, 0.29) is 35.4 Å². The van der Waals surface area contributed by atoms with Gasteiger partial charge in [-0.3, -0.25) is 29.9 Å². The lowest BCUT2D eigenvalue weighted by atomic mass is 9.84. The van der Waals surface area contributed by atoms with E-state index >= 15 is 0 Å². The summed E-state index contributed by atoms with van der Waals surface area (Å²) in [5.41, 5.74) is 7.80. The third-order valence-corrected chi connectivity index (χ3v) is 16.5. The van der Waals surface area contributed by atoms with Crippen molar-refractivity contribution in [2.24, 2.45) is 5.92 Å². The van der Waals surface area contributed by atoms with Gasteiger partial charge in [0.05, 0.1) is 22.2 Å². The standard InChI is InChI=1S/C60H66N8O7S/c1-37-42(44-23-26-52(63-54(44)57(72)75-60(2,3)4)68-30-28-39-12-9-14-45(46(39)36-68)56(71)65-58-61-48-15-5-6-17-51(48)76-58)13-10-16-49(37)73-41-21-18-38(19-22-41)11-7-8-29-66-31-33-67(34-32-66)59-62-47-25-20-40(35-50(47)74-59)43-24-27-53(69)64-55(43)70/h5-6,9-10,12-17,20,23,25-26,35,38,41,43H,7-8,11,18-19,21-22,24,27-34,36H2,1-4H3,(H,61,65,71)(H,64,69,70). The number of unbranched alkanes of at least 4 members (excludes halogenated alkanes) is 1. The number of imide groups is 1. The summed E-state index contributed by atoms with van der Waals surface area (Å²) in [5, 5.41) is 6.05. The second-order valence-electron chi connectivity index (χ2n) is 21.9. The van der Waals surface area contributed by atoms with E-state index in [1.165, 1.54) is 30.6 Å². The topological polar surface area (TPSA) is 172 Å². The number of nitrogens with zero attached hydrogens (tertiary/aromatic N) is 6. The van der Waals surface area contributed by atoms with Crippen molar-refractivity contribution < 1.29 is 33.1 Å². The van der Waals surface area contributed by atoms with Gasteiger partial charge < -0.3 is 23.7 Å². The summed E-state index contributed by atoms with van der Waals surface area (Å²) in [7, 11) is 0. The summed E-state index contributed by atoms with van der Waals surface area (Å²) in [6, 6.07) is 30.1. The molecule has 0 radical (unpaired) electrons. The number of hydrogen-bond acceptors (Lipinski definition) is 14. The molecule has 3 amide bonds. The van der Waals surface area contributed by atoms with Gasteiger partial charge in [0, 0.05) is 56.8 Å². The van der Waals surface area contributed by atoms with Gasteiger partial charge in [0.2, 0.25) is 11.8 Å². The Labute approximate surface area is 447 Å². The predicted molar refractivity (Wildman–Crippen MR) is 296 cm³/mol. The van der Waals surface area contributed by atoms with Crippen LogP contribution >= 0.6 is 11.3 Å². The lowest BCUT2D eigenvalue weighted by Crippen LogP contribution is -2.46. The van der Waals surface area contributed by atoms with Crippen LogP contribution in [-0.4, -0.2) is 94.5 Å². The number of fused-ring (bicyclic) bond motifs is 3. The second-order valence-corrected chi connectivity index (χ2v) is 22.9. The van der Waals surface area contributed by atoms with Gasteiger partial charge in [-0.1, -0.05) is 66.6 Å². The SMILES string of the molecule is Cc1c(OC2CCC(CCCCN3CCN(c4nc5ccc(C6CCC(=O)NC6=O)cc5o4)CC3)CC2)cccc1-c1ccc(N2CCc3cccc(C(=O)Nc4nc5ccccc5s4)c3C2)nc1C(=O)OC(C)(C)C. The fourth-order valence-electron chi connectivity index (χ4n) is 11.4. The number of amides is 3. The molecule has 4 aliphatic rings. The van der Waals surface area contributed by atoms with Gasteiger partial charge >= 0.3 is 5.97 Å². The monoisotopic (exact) mass is 1040 g/mol. The van der Waals surface area contributed by atoms with Crippen molar-refractivity contribution in [3.05, 3.63) is 125 Å². The number of piperazine rings is 1. The maximum absolute atomic E-state index is 14.1. The van der Waals surface area contributed by atoms with Gasteiger partial charge in [-0.2, -0.15) is 4.98 Å². The van der Waals surface area contributed by atoms with Crippen LogP contribution < -0.4 is 25.2 Å². The molecule has 15 nitrogen and oxygen atoms in total. The van der Waals surface area contributed by atoms with E-state index < -0.39 is 11.6 Å². The first-order valence-electron chi connectivity index (χ1n) is 27.0. The van der Waals surface area contributed by atoms with Crippen molar-refractivity contribution in [2.45, 2.75) is 116 Å². The van der Waals surface area contributed by atoms with Crippen molar-refractivity contribution in [1.29, 1.82) is 0 Å². The van der Waals surface area contributed by atoms with E-state index in [1.807, 2.05) is 106 Å². The summed E-state index contributed by atoms with van der Waals surface area (Å²) in [6.07, 6.45) is 9.60. The molecule has 11 rings (SSSR count). The van der Waals surface area contributed by atoms with Crippen LogP contribution in [0, 0.1) is 12.8 Å². The van der Waals surface area contributed by atoms with Crippen molar-refractivity contribution in [2.75, 3.05) is 54.4 Å². The molecule has 2 N–H and O–H groups in total. The van der Waals surface area contributed by atoms with E-state index in [0.717, 1.165) is 108 Å². The molecule has 394 valence electrons. The van der Waals surface area contributed by atoms with Crippen LogP contribution in [0.25, 0.3) is 32.4 Å². The third-order valence-electron chi connectivity index (χ3n) is 15.5. The molecule has 1 atom stereocenters. The maximum Gasteiger partial charge on any atom is 0.358 e. The van der Waals surface area contributed by atoms with E-state index in [1.54, 1.807) is 0 Å². The van der Waals surface area contributed by atoms with Crippen LogP contribution in [0.15, 0.2) is 95.4 Å². The Morgan fingerprint density at radius 3 is 2.42 bits per heavy atom. The molecule has 0 spiro atoms. The maximum atomic E-state index is 14.1. The number of carbonyl (C=O) groups excluding carboxylic acids is 4. The highest BCUT2D eigenvalue weighted by Gasteiger charge is 2.31. The molecule has 3 fully saturated rings. The number of benzene rings is 4. The van der Waals surface area contributed by atoms with Crippen LogP contribution in [0.3, 0.4) is 0 Å². The Morgan fingerprint density at radius 2 is 1.62 bits per heavy atom. The number of hydrogen-bond donors (Lipinski definition) is 2. The zero-order valence-electron chi connectivity index (χ0n) is 43.9. The third kappa shape index (κ3) is 11.3. The number of piperidine rings is 1. The predicted octanol–water partition coefficient (Wildman–Crippen LogP) is 11.0. The fourth-order valence-corrected chi connectivity index (χ4v) is 12.2. The molecule has 4 aromatic carbocycles. The molecule has 1 saturated carbocycles. The van der Waals surface area contributed by atoms with Crippen LogP contribution in [0.4, 0.5) is 17.0 Å². The first kappa shape index (κ1) is 51.0.